The average molecular weight is 463 g/mol. The molecule has 2 aromatic carbocycles. The third kappa shape index (κ3) is 7.28. The monoisotopic (exact) mass is 462 g/mol. The number of hydrogen-bond acceptors (Lipinski definition) is 5. The van der Waals surface area contributed by atoms with Gasteiger partial charge in [-0.1, -0.05) is 35.0 Å². The SMILES string of the molecule is CCC(=O)N1CCNCC1.O=C(Nc1cccc(Br)c1)c1cccc([N+](=O)[O-])c1. The standard InChI is InChI=1S/C13H9BrN2O3.C7H14N2O/c14-10-4-2-5-11(8-10)15-13(17)9-3-1-6-12(7-9)16(18)19;1-2-7(10)9-5-3-8-4-6-9/h1-8H,(H,15,17);8H,2-6H2,1H3. The molecular weight excluding hydrogens is 440 g/mol. The maximum atomic E-state index is 12.0. The number of rotatable bonds is 4. The van der Waals surface area contributed by atoms with Gasteiger partial charge in [-0.3, -0.25) is 19.7 Å². The van der Waals surface area contributed by atoms with E-state index < -0.39 is 4.92 Å². The Bertz CT molecular complexity index is 869. The molecule has 2 N–H and O–H groups in total. The van der Waals surface area contributed by atoms with E-state index >= 15 is 0 Å². The van der Waals surface area contributed by atoms with E-state index in [0.717, 1.165) is 30.7 Å². The zero-order valence-electron chi connectivity index (χ0n) is 16.1. The third-order valence-electron chi connectivity index (χ3n) is 4.17. The molecule has 9 heteroatoms. The van der Waals surface area contributed by atoms with Gasteiger partial charge < -0.3 is 15.5 Å². The number of carbonyl (C=O) groups excluding carboxylic acids is 2. The predicted molar refractivity (Wildman–Crippen MR) is 115 cm³/mol. The molecule has 0 aliphatic carbocycles. The lowest BCUT2D eigenvalue weighted by Crippen LogP contribution is -2.46. The van der Waals surface area contributed by atoms with Crippen LogP contribution in [0.5, 0.6) is 0 Å². The fourth-order valence-corrected chi connectivity index (χ4v) is 3.07. The van der Waals surface area contributed by atoms with Gasteiger partial charge in [0, 0.05) is 60.5 Å². The van der Waals surface area contributed by atoms with Crippen molar-refractivity contribution >= 4 is 39.1 Å². The van der Waals surface area contributed by atoms with Crippen molar-refractivity contribution in [3.8, 4) is 0 Å². The number of hydrogen-bond donors (Lipinski definition) is 2. The highest BCUT2D eigenvalue weighted by Gasteiger charge is 2.13. The molecule has 2 aromatic rings. The Morgan fingerprint density at radius 1 is 1.17 bits per heavy atom. The Morgan fingerprint density at radius 2 is 1.86 bits per heavy atom. The number of nitro groups is 1. The number of nitrogens with one attached hydrogen (secondary N) is 2. The summed E-state index contributed by atoms with van der Waals surface area (Å²) in [5, 5.41) is 16.5. The van der Waals surface area contributed by atoms with Crippen molar-refractivity contribution < 1.29 is 14.5 Å². The van der Waals surface area contributed by atoms with E-state index in [2.05, 4.69) is 26.6 Å². The molecule has 1 aliphatic heterocycles. The van der Waals surface area contributed by atoms with E-state index in [1.54, 1.807) is 18.2 Å². The van der Waals surface area contributed by atoms with Crippen LogP contribution in [0, 0.1) is 10.1 Å². The minimum atomic E-state index is -0.532. The molecule has 0 spiro atoms. The summed E-state index contributed by atoms with van der Waals surface area (Å²) < 4.78 is 0.837. The van der Waals surface area contributed by atoms with Crippen LogP contribution in [0.25, 0.3) is 0 Å². The summed E-state index contributed by atoms with van der Waals surface area (Å²) in [6.45, 7) is 5.57. The Morgan fingerprint density at radius 3 is 2.48 bits per heavy atom. The molecular formula is C20H23BrN4O4. The highest BCUT2D eigenvalue weighted by atomic mass is 79.9. The van der Waals surface area contributed by atoms with Crippen LogP contribution >= 0.6 is 15.9 Å². The van der Waals surface area contributed by atoms with Crippen LogP contribution in [0.4, 0.5) is 11.4 Å². The summed E-state index contributed by atoms with van der Waals surface area (Å²) in [6.07, 6.45) is 0.639. The maximum Gasteiger partial charge on any atom is 0.270 e. The minimum absolute atomic E-state index is 0.109. The summed E-state index contributed by atoms with van der Waals surface area (Å²) in [5.41, 5.74) is 0.752. The number of amides is 2. The summed E-state index contributed by atoms with van der Waals surface area (Å²) in [6, 6.07) is 12.7. The summed E-state index contributed by atoms with van der Waals surface area (Å²) in [5.74, 6) is -0.108. The first-order valence-corrected chi connectivity index (χ1v) is 10.00. The zero-order valence-corrected chi connectivity index (χ0v) is 17.6. The van der Waals surface area contributed by atoms with Gasteiger partial charge in [0.05, 0.1) is 4.92 Å². The maximum absolute atomic E-state index is 12.0. The largest absolute Gasteiger partial charge is 0.340 e. The lowest BCUT2D eigenvalue weighted by atomic mass is 10.2. The van der Waals surface area contributed by atoms with Gasteiger partial charge in [-0.2, -0.15) is 0 Å². The molecule has 0 saturated carbocycles. The smallest absolute Gasteiger partial charge is 0.270 e. The number of nitrogens with zero attached hydrogens (tertiary/aromatic N) is 2. The normalized spacial score (nSPS) is 13.1. The van der Waals surface area contributed by atoms with Crippen molar-refractivity contribution in [2.45, 2.75) is 13.3 Å². The molecule has 1 saturated heterocycles. The number of non-ortho nitro benzene ring substituents is 1. The van der Waals surface area contributed by atoms with Gasteiger partial charge in [0.1, 0.15) is 0 Å². The van der Waals surface area contributed by atoms with Crippen molar-refractivity contribution in [3.05, 3.63) is 68.7 Å². The molecule has 0 unspecified atom stereocenters. The van der Waals surface area contributed by atoms with Crippen LogP contribution in [-0.2, 0) is 4.79 Å². The Hall–Kier alpha value is -2.78. The second kappa shape index (κ2) is 11.3. The molecule has 1 fully saturated rings. The second-order valence-electron chi connectivity index (χ2n) is 6.26. The summed E-state index contributed by atoms with van der Waals surface area (Å²) in [7, 11) is 0. The van der Waals surface area contributed by atoms with Crippen molar-refractivity contribution in [1.82, 2.24) is 10.2 Å². The molecule has 0 radical (unpaired) electrons. The van der Waals surface area contributed by atoms with Crippen LogP contribution in [0.2, 0.25) is 0 Å². The number of nitro benzene ring substituents is 1. The van der Waals surface area contributed by atoms with Crippen LogP contribution < -0.4 is 10.6 Å². The van der Waals surface area contributed by atoms with Gasteiger partial charge >= 0.3 is 0 Å². The lowest BCUT2D eigenvalue weighted by Gasteiger charge is -2.26. The van der Waals surface area contributed by atoms with Crippen LogP contribution in [0.1, 0.15) is 23.7 Å². The number of halogens is 1. The fourth-order valence-electron chi connectivity index (χ4n) is 2.67. The first-order chi connectivity index (χ1) is 13.9. The lowest BCUT2D eigenvalue weighted by molar-refractivity contribution is -0.384. The average Bonchev–Trinajstić information content (AvgIpc) is 2.74. The second-order valence-corrected chi connectivity index (χ2v) is 7.17. The minimum Gasteiger partial charge on any atom is -0.340 e. The number of benzene rings is 2. The van der Waals surface area contributed by atoms with Gasteiger partial charge in [0.15, 0.2) is 0 Å². The Balaban J connectivity index is 0.000000253. The summed E-state index contributed by atoms with van der Waals surface area (Å²) >= 11 is 3.30. The molecule has 8 nitrogen and oxygen atoms in total. The quantitative estimate of drug-likeness (QED) is 0.534. The van der Waals surface area contributed by atoms with Gasteiger partial charge in [0.25, 0.3) is 11.6 Å². The number of carbonyl (C=O) groups is 2. The van der Waals surface area contributed by atoms with E-state index in [4.69, 9.17) is 0 Å². The van der Waals surface area contributed by atoms with E-state index in [-0.39, 0.29) is 23.1 Å². The summed E-state index contributed by atoms with van der Waals surface area (Å²) in [4.78, 5) is 35.0. The Labute approximate surface area is 177 Å². The molecule has 0 bridgehead atoms. The van der Waals surface area contributed by atoms with E-state index in [0.29, 0.717) is 12.1 Å². The fraction of sp³-hybridized carbons (Fsp3) is 0.300. The molecule has 2 amide bonds. The zero-order chi connectivity index (χ0) is 21.2. The van der Waals surface area contributed by atoms with Gasteiger partial charge in [0.2, 0.25) is 5.91 Å². The van der Waals surface area contributed by atoms with E-state index in [1.807, 2.05) is 17.9 Å². The van der Waals surface area contributed by atoms with Crippen LogP contribution in [0.15, 0.2) is 53.0 Å². The van der Waals surface area contributed by atoms with Crippen molar-refractivity contribution in [3.63, 3.8) is 0 Å². The molecule has 1 aliphatic rings. The van der Waals surface area contributed by atoms with Gasteiger partial charge in [-0.25, -0.2) is 0 Å². The van der Waals surface area contributed by atoms with Crippen LogP contribution in [-0.4, -0.2) is 47.8 Å². The van der Waals surface area contributed by atoms with Crippen molar-refractivity contribution in [1.29, 1.82) is 0 Å². The van der Waals surface area contributed by atoms with E-state index in [1.165, 1.54) is 24.3 Å². The topological polar surface area (TPSA) is 105 Å². The first kappa shape index (κ1) is 22.5. The van der Waals surface area contributed by atoms with E-state index in [9.17, 15) is 19.7 Å². The number of piperazine rings is 1. The van der Waals surface area contributed by atoms with Gasteiger partial charge in [-0.15, -0.1) is 0 Å². The van der Waals surface area contributed by atoms with Crippen molar-refractivity contribution in [2.24, 2.45) is 0 Å². The first-order valence-electron chi connectivity index (χ1n) is 9.20. The molecule has 0 aromatic heterocycles. The Kier molecular flexibility index (Phi) is 8.75. The highest BCUT2D eigenvalue weighted by Crippen LogP contribution is 2.18. The molecule has 154 valence electrons. The molecule has 29 heavy (non-hydrogen) atoms. The molecule has 0 atom stereocenters. The van der Waals surface area contributed by atoms with Crippen LogP contribution in [0.3, 0.4) is 0 Å². The third-order valence-corrected chi connectivity index (χ3v) is 4.67. The highest BCUT2D eigenvalue weighted by molar-refractivity contribution is 9.10. The molecule has 3 rings (SSSR count). The predicted octanol–water partition coefficient (Wildman–Crippen LogP) is 3.44. The molecule has 1 heterocycles. The van der Waals surface area contributed by atoms with Crippen molar-refractivity contribution in [2.75, 3.05) is 31.5 Å². The van der Waals surface area contributed by atoms with Gasteiger partial charge in [-0.05, 0) is 24.3 Å². The number of anilines is 1.